The second-order valence-electron chi connectivity index (χ2n) is 6.97. The van der Waals surface area contributed by atoms with Crippen molar-refractivity contribution >= 4 is 11.9 Å². The van der Waals surface area contributed by atoms with E-state index in [1.165, 1.54) is 57.8 Å². The van der Waals surface area contributed by atoms with Crippen molar-refractivity contribution in [2.24, 2.45) is 0 Å². The summed E-state index contributed by atoms with van der Waals surface area (Å²) >= 11 is 0. The van der Waals surface area contributed by atoms with Gasteiger partial charge in [0.25, 0.3) is 0 Å². The van der Waals surface area contributed by atoms with Gasteiger partial charge < -0.3 is 14.6 Å². The lowest BCUT2D eigenvalue weighted by Gasteiger charge is -2.15. The van der Waals surface area contributed by atoms with Crippen LogP contribution in [0.25, 0.3) is 0 Å². The molecule has 0 aromatic heterocycles. The molecule has 0 radical (unpaired) electrons. The maximum Gasteiger partial charge on any atom is 0.306 e. The molecular weight excluding hydrogens is 332 g/mol. The maximum absolute atomic E-state index is 11.7. The molecule has 0 aliphatic rings. The minimum Gasteiger partial charge on any atom is -0.462 e. The highest BCUT2D eigenvalue weighted by atomic mass is 16.6. The highest BCUT2D eigenvalue weighted by Gasteiger charge is 2.15. The van der Waals surface area contributed by atoms with Crippen molar-refractivity contribution in [3.63, 3.8) is 0 Å². The van der Waals surface area contributed by atoms with Crippen molar-refractivity contribution < 1.29 is 24.2 Å². The topological polar surface area (TPSA) is 72.8 Å². The summed E-state index contributed by atoms with van der Waals surface area (Å²) in [7, 11) is 0. The third-order valence-corrected chi connectivity index (χ3v) is 4.46. The minimum atomic E-state index is -0.754. The Kier molecular flexibility index (Phi) is 17.9. The van der Waals surface area contributed by atoms with Crippen LogP contribution >= 0.6 is 0 Å². The van der Waals surface area contributed by atoms with E-state index in [4.69, 9.17) is 14.6 Å². The Morgan fingerprint density at radius 2 is 1.27 bits per heavy atom. The molecule has 0 bridgehead atoms. The number of hydrogen-bond acceptors (Lipinski definition) is 5. The van der Waals surface area contributed by atoms with E-state index in [9.17, 15) is 9.59 Å². The Balaban J connectivity index is 3.46. The standard InChI is InChI=1S/C21H40O5/c1-3-5-6-7-8-9-10-11-12-13-14-15-16-21(24)26-19(17-22)18-25-20(23)4-2/h19,22H,3-18H2,1-2H3. The van der Waals surface area contributed by atoms with Crippen LogP contribution in [0, 0.1) is 0 Å². The number of carbonyl (C=O) groups excluding carboxylic acids is 2. The van der Waals surface area contributed by atoms with Crippen LogP contribution in [-0.2, 0) is 19.1 Å². The van der Waals surface area contributed by atoms with E-state index < -0.39 is 6.10 Å². The average Bonchev–Trinajstić information content (AvgIpc) is 2.65. The summed E-state index contributed by atoms with van der Waals surface area (Å²) < 4.78 is 10.0. The van der Waals surface area contributed by atoms with Crippen LogP contribution in [0.15, 0.2) is 0 Å². The molecule has 26 heavy (non-hydrogen) atoms. The number of ether oxygens (including phenoxy) is 2. The number of rotatable bonds is 18. The number of unbranched alkanes of at least 4 members (excludes halogenated alkanes) is 11. The van der Waals surface area contributed by atoms with Crippen LogP contribution < -0.4 is 0 Å². The van der Waals surface area contributed by atoms with Gasteiger partial charge >= 0.3 is 11.9 Å². The van der Waals surface area contributed by atoms with Crippen molar-refractivity contribution in [1.29, 1.82) is 0 Å². The van der Waals surface area contributed by atoms with Gasteiger partial charge in [0.1, 0.15) is 6.61 Å². The lowest BCUT2D eigenvalue weighted by atomic mass is 10.0. The van der Waals surface area contributed by atoms with Crippen molar-refractivity contribution in [1.82, 2.24) is 0 Å². The minimum absolute atomic E-state index is 0.0760. The van der Waals surface area contributed by atoms with Gasteiger partial charge in [-0.15, -0.1) is 0 Å². The maximum atomic E-state index is 11.7. The molecule has 0 spiro atoms. The number of aliphatic hydroxyl groups excluding tert-OH is 1. The van der Waals surface area contributed by atoms with Gasteiger partial charge in [-0.2, -0.15) is 0 Å². The van der Waals surface area contributed by atoms with Crippen LogP contribution in [0.5, 0.6) is 0 Å². The number of esters is 2. The van der Waals surface area contributed by atoms with Crippen LogP contribution in [0.4, 0.5) is 0 Å². The summed E-state index contributed by atoms with van der Waals surface area (Å²) in [6.45, 7) is 3.53. The van der Waals surface area contributed by atoms with Gasteiger partial charge in [-0.1, -0.05) is 84.5 Å². The number of carbonyl (C=O) groups is 2. The average molecular weight is 373 g/mol. The highest BCUT2D eigenvalue weighted by Crippen LogP contribution is 2.12. The van der Waals surface area contributed by atoms with E-state index in [1.807, 2.05) is 0 Å². The van der Waals surface area contributed by atoms with Gasteiger partial charge in [-0.25, -0.2) is 0 Å². The second kappa shape index (κ2) is 18.7. The first-order valence-electron chi connectivity index (χ1n) is 10.6. The predicted molar refractivity (Wildman–Crippen MR) is 104 cm³/mol. The third kappa shape index (κ3) is 16.4. The fraction of sp³-hybridized carbons (Fsp3) is 0.905. The fourth-order valence-corrected chi connectivity index (χ4v) is 2.77. The molecule has 5 nitrogen and oxygen atoms in total. The molecule has 0 saturated carbocycles. The van der Waals surface area contributed by atoms with E-state index >= 15 is 0 Å². The summed E-state index contributed by atoms with van der Waals surface area (Å²) in [5.41, 5.74) is 0. The molecule has 0 rings (SSSR count). The van der Waals surface area contributed by atoms with Crippen LogP contribution in [0.2, 0.25) is 0 Å². The number of hydrogen-bond donors (Lipinski definition) is 1. The predicted octanol–water partition coefficient (Wildman–Crippen LogP) is 4.93. The molecule has 1 N–H and O–H groups in total. The van der Waals surface area contributed by atoms with E-state index in [1.54, 1.807) is 6.92 Å². The molecule has 0 saturated heterocycles. The van der Waals surface area contributed by atoms with E-state index in [0.717, 1.165) is 19.3 Å². The molecule has 0 amide bonds. The largest absolute Gasteiger partial charge is 0.462 e. The van der Waals surface area contributed by atoms with Gasteiger partial charge in [-0.05, 0) is 6.42 Å². The molecule has 0 heterocycles. The summed E-state index contributed by atoms with van der Waals surface area (Å²) in [5, 5.41) is 9.16. The van der Waals surface area contributed by atoms with Crippen LogP contribution in [0.3, 0.4) is 0 Å². The van der Waals surface area contributed by atoms with Gasteiger partial charge in [0, 0.05) is 12.8 Å². The first kappa shape index (κ1) is 24.9. The molecule has 0 aromatic rings. The monoisotopic (exact) mass is 372 g/mol. The smallest absolute Gasteiger partial charge is 0.306 e. The molecule has 0 aliphatic carbocycles. The SMILES string of the molecule is CCCCCCCCCCCCCCC(=O)OC(CO)COC(=O)CC. The molecule has 1 atom stereocenters. The second-order valence-corrected chi connectivity index (χ2v) is 6.97. The van der Waals surface area contributed by atoms with Gasteiger partial charge in [-0.3, -0.25) is 9.59 Å². The molecule has 5 heteroatoms. The zero-order valence-electron chi connectivity index (χ0n) is 17.0. The number of aliphatic hydroxyl groups is 1. The van der Waals surface area contributed by atoms with E-state index in [-0.39, 0.29) is 31.6 Å². The Morgan fingerprint density at radius 3 is 1.73 bits per heavy atom. The van der Waals surface area contributed by atoms with Gasteiger partial charge in [0.15, 0.2) is 6.10 Å². The van der Waals surface area contributed by atoms with E-state index in [2.05, 4.69) is 6.92 Å². The normalized spacial score (nSPS) is 12.0. The van der Waals surface area contributed by atoms with Gasteiger partial charge in [0.05, 0.1) is 6.61 Å². The van der Waals surface area contributed by atoms with Crippen LogP contribution in [0.1, 0.15) is 104 Å². The first-order valence-corrected chi connectivity index (χ1v) is 10.6. The lowest BCUT2D eigenvalue weighted by molar-refractivity contribution is -0.161. The Hall–Kier alpha value is -1.10. The summed E-state index contributed by atoms with van der Waals surface area (Å²) in [6, 6.07) is 0. The third-order valence-electron chi connectivity index (χ3n) is 4.46. The Labute approximate surface area is 159 Å². The highest BCUT2D eigenvalue weighted by molar-refractivity contribution is 5.70. The summed E-state index contributed by atoms with van der Waals surface area (Å²) in [4.78, 5) is 22.8. The van der Waals surface area contributed by atoms with Crippen LogP contribution in [-0.4, -0.2) is 36.4 Å². The first-order chi connectivity index (χ1) is 12.6. The summed E-state index contributed by atoms with van der Waals surface area (Å²) in [5.74, 6) is -0.691. The molecular formula is C21H40O5. The van der Waals surface area contributed by atoms with Crippen molar-refractivity contribution in [2.45, 2.75) is 110 Å². The quantitative estimate of drug-likeness (QED) is 0.273. The van der Waals surface area contributed by atoms with Crippen molar-refractivity contribution in [3.8, 4) is 0 Å². The molecule has 0 fully saturated rings. The van der Waals surface area contributed by atoms with Crippen molar-refractivity contribution in [3.05, 3.63) is 0 Å². The van der Waals surface area contributed by atoms with Crippen molar-refractivity contribution in [2.75, 3.05) is 13.2 Å². The molecule has 0 aromatic carbocycles. The Morgan fingerprint density at radius 1 is 0.769 bits per heavy atom. The summed E-state index contributed by atoms with van der Waals surface area (Å²) in [6.07, 6.45) is 14.8. The van der Waals surface area contributed by atoms with Gasteiger partial charge in [0.2, 0.25) is 0 Å². The zero-order chi connectivity index (χ0) is 19.5. The molecule has 1 unspecified atom stereocenters. The molecule has 0 aliphatic heterocycles. The Bertz CT molecular complexity index is 343. The molecule has 154 valence electrons. The zero-order valence-corrected chi connectivity index (χ0v) is 17.0. The van der Waals surface area contributed by atoms with E-state index in [0.29, 0.717) is 6.42 Å². The lowest BCUT2D eigenvalue weighted by Crippen LogP contribution is -2.28. The fourth-order valence-electron chi connectivity index (χ4n) is 2.77.